The molecular formula is C21H15FN2OS2. The molecule has 0 spiro atoms. The van der Waals surface area contributed by atoms with Crippen LogP contribution in [0.2, 0.25) is 0 Å². The van der Waals surface area contributed by atoms with E-state index in [0.29, 0.717) is 5.69 Å². The monoisotopic (exact) mass is 394 g/mol. The molecule has 1 atom stereocenters. The summed E-state index contributed by atoms with van der Waals surface area (Å²) in [5.74, 6) is -0.506. The zero-order chi connectivity index (χ0) is 18.6. The molecule has 0 saturated carbocycles. The Kier molecular flexibility index (Phi) is 5.18. The zero-order valence-corrected chi connectivity index (χ0v) is 15.8. The minimum absolute atomic E-state index is 0.169. The third-order valence-electron chi connectivity index (χ3n) is 3.95. The molecule has 4 aromatic rings. The van der Waals surface area contributed by atoms with Crippen molar-refractivity contribution in [1.82, 2.24) is 4.98 Å². The van der Waals surface area contributed by atoms with Gasteiger partial charge in [0.2, 0.25) is 5.91 Å². The lowest BCUT2D eigenvalue weighted by Gasteiger charge is -2.15. The van der Waals surface area contributed by atoms with Crippen LogP contribution in [0.3, 0.4) is 0 Å². The fourth-order valence-electron chi connectivity index (χ4n) is 2.64. The highest BCUT2D eigenvalue weighted by Crippen LogP contribution is 2.39. The van der Waals surface area contributed by atoms with Crippen LogP contribution in [0.1, 0.15) is 10.8 Å². The van der Waals surface area contributed by atoms with Gasteiger partial charge in [0, 0.05) is 5.69 Å². The van der Waals surface area contributed by atoms with Gasteiger partial charge in [0.05, 0.1) is 10.2 Å². The normalized spacial score (nSPS) is 12.0. The molecule has 0 aliphatic rings. The van der Waals surface area contributed by atoms with Gasteiger partial charge in [0.15, 0.2) is 4.34 Å². The minimum Gasteiger partial charge on any atom is -0.325 e. The van der Waals surface area contributed by atoms with E-state index in [0.717, 1.165) is 20.1 Å². The molecule has 0 aliphatic carbocycles. The average molecular weight is 394 g/mol. The summed E-state index contributed by atoms with van der Waals surface area (Å²) in [5.41, 5.74) is 2.38. The Morgan fingerprint density at radius 3 is 2.41 bits per heavy atom. The smallest absolute Gasteiger partial charge is 0.242 e. The summed E-state index contributed by atoms with van der Waals surface area (Å²) in [7, 11) is 0. The van der Waals surface area contributed by atoms with Crippen molar-refractivity contribution in [2.45, 2.75) is 9.59 Å². The predicted molar refractivity (Wildman–Crippen MR) is 110 cm³/mol. The van der Waals surface area contributed by atoms with E-state index in [1.54, 1.807) is 23.5 Å². The van der Waals surface area contributed by atoms with E-state index in [1.807, 2.05) is 54.6 Å². The molecule has 1 heterocycles. The van der Waals surface area contributed by atoms with Crippen molar-refractivity contribution in [1.29, 1.82) is 0 Å². The van der Waals surface area contributed by atoms with Gasteiger partial charge < -0.3 is 5.32 Å². The Hall–Kier alpha value is -2.70. The molecule has 0 radical (unpaired) electrons. The summed E-state index contributed by atoms with van der Waals surface area (Å²) in [5, 5.41) is 2.41. The molecule has 3 aromatic carbocycles. The van der Waals surface area contributed by atoms with Gasteiger partial charge in [0.25, 0.3) is 0 Å². The van der Waals surface area contributed by atoms with Crippen molar-refractivity contribution in [2.75, 3.05) is 5.32 Å². The lowest BCUT2D eigenvalue weighted by atomic mass is 10.1. The van der Waals surface area contributed by atoms with E-state index in [-0.39, 0.29) is 11.7 Å². The lowest BCUT2D eigenvalue weighted by molar-refractivity contribution is -0.115. The minimum atomic E-state index is -0.461. The predicted octanol–water partition coefficient (Wildman–Crippen LogP) is 5.91. The van der Waals surface area contributed by atoms with Crippen LogP contribution in [-0.4, -0.2) is 10.9 Å². The van der Waals surface area contributed by atoms with Gasteiger partial charge >= 0.3 is 0 Å². The molecule has 4 rings (SSSR count). The summed E-state index contributed by atoms with van der Waals surface area (Å²) in [6, 6.07) is 23.3. The molecular weight excluding hydrogens is 379 g/mol. The number of thiazole rings is 1. The van der Waals surface area contributed by atoms with E-state index >= 15 is 0 Å². The number of halogens is 1. The lowest BCUT2D eigenvalue weighted by Crippen LogP contribution is -2.19. The fraction of sp³-hybridized carbons (Fsp3) is 0.0476. The molecule has 6 heteroatoms. The molecule has 0 bridgehead atoms. The van der Waals surface area contributed by atoms with Crippen LogP contribution >= 0.6 is 23.1 Å². The number of carbonyl (C=O) groups is 1. The largest absolute Gasteiger partial charge is 0.325 e. The number of para-hydroxylation sites is 1. The van der Waals surface area contributed by atoms with Gasteiger partial charge in [-0.05, 0) is 42.0 Å². The average Bonchev–Trinajstić information content (AvgIpc) is 3.11. The van der Waals surface area contributed by atoms with Crippen molar-refractivity contribution in [3.05, 3.63) is 90.2 Å². The second-order valence-corrected chi connectivity index (χ2v) is 8.24. The second kappa shape index (κ2) is 7.90. The summed E-state index contributed by atoms with van der Waals surface area (Å²) >= 11 is 2.99. The van der Waals surface area contributed by atoms with Gasteiger partial charge in [-0.15, -0.1) is 11.3 Å². The molecule has 3 nitrogen and oxygen atoms in total. The van der Waals surface area contributed by atoms with Gasteiger partial charge in [-0.2, -0.15) is 0 Å². The number of nitrogens with zero attached hydrogens (tertiary/aromatic N) is 1. The first-order chi connectivity index (χ1) is 13.2. The molecule has 134 valence electrons. The van der Waals surface area contributed by atoms with Crippen LogP contribution < -0.4 is 5.32 Å². The first-order valence-corrected chi connectivity index (χ1v) is 10.0. The molecule has 1 N–H and O–H groups in total. The topological polar surface area (TPSA) is 42.0 Å². The van der Waals surface area contributed by atoms with Gasteiger partial charge in [-0.1, -0.05) is 54.2 Å². The van der Waals surface area contributed by atoms with Crippen LogP contribution in [0.5, 0.6) is 0 Å². The molecule has 0 unspecified atom stereocenters. The molecule has 27 heavy (non-hydrogen) atoms. The van der Waals surface area contributed by atoms with Crippen molar-refractivity contribution in [3.8, 4) is 0 Å². The van der Waals surface area contributed by atoms with Crippen molar-refractivity contribution in [3.63, 3.8) is 0 Å². The number of amides is 1. The first kappa shape index (κ1) is 17.7. The number of nitrogens with one attached hydrogen (secondary N) is 1. The highest BCUT2D eigenvalue weighted by atomic mass is 32.2. The Morgan fingerprint density at radius 2 is 1.67 bits per heavy atom. The highest BCUT2D eigenvalue weighted by molar-refractivity contribution is 8.02. The Labute approximate surface area is 164 Å². The maximum atomic E-state index is 13.1. The molecule has 0 fully saturated rings. The van der Waals surface area contributed by atoms with Crippen LogP contribution in [0.15, 0.2) is 83.2 Å². The number of anilines is 1. The van der Waals surface area contributed by atoms with E-state index < -0.39 is 5.25 Å². The van der Waals surface area contributed by atoms with E-state index in [2.05, 4.69) is 10.3 Å². The molecule has 1 amide bonds. The maximum absolute atomic E-state index is 13.1. The fourth-order valence-corrected chi connectivity index (χ4v) is 4.90. The van der Waals surface area contributed by atoms with Gasteiger partial charge in [0.1, 0.15) is 11.1 Å². The summed E-state index contributed by atoms with van der Waals surface area (Å²) in [6.45, 7) is 0. The van der Waals surface area contributed by atoms with Gasteiger partial charge in [-0.25, -0.2) is 9.37 Å². The van der Waals surface area contributed by atoms with Crippen molar-refractivity contribution in [2.24, 2.45) is 0 Å². The standard InChI is InChI=1S/C21H15FN2OS2/c22-15-10-12-16(13-11-15)23-20(25)19(14-6-2-1-3-7-14)27-21-24-17-8-4-5-9-18(17)26-21/h1-13,19H,(H,23,25)/t19-/m0/s1. The number of aromatic nitrogens is 1. The van der Waals surface area contributed by atoms with Crippen molar-refractivity contribution >= 4 is 44.9 Å². The third kappa shape index (κ3) is 4.18. The molecule has 1 aromatic heterocycles. The molecule has 0 saturated heterocycles. The van der Waals surface area contributed by atoms with Crippen molar-refractivity contribution < 1.29 is 9.18 Å². The maximum Gasteiger partial charge on any atom is 0.242 e. The Balaban J connectivity index is 1.62. The first-order valence-electron chi connectivity index (χ1n) is 8.33. The van der Waals surface area contributed by atoms with Crippen LogP contribution in [0.4, 0.5) is 10.1 Å². The number of hydrogen-bond donors (Lipinski definition) is 1. The van der Waals surface area contributed by atoms with E-state index in [4.69, 9.17) is 0 Å². The Morgan fingerprint density at radius 1 is 0.963 bits per heavy atom. The molecule has 0 aliphatic heterocycles. The number of benzene rings is 3. The van der Waals surface area contributed by atoms with Crippen LogP contribution in [-0.2, 0) is 4.79 Å². The van der Waals surface area contributed by atoms with Crippen LogP contribution in [0, 0.1) is 5.82 Å². The van der Waals surface area contributed by atoms with E-state index in [1.165, 1.54) is 23.9 Å². The van der Waals surface area contributed by atoms with Gasteiger partial charge in [-0.3, -0.25) is 4.79 Å². The zero-order valence-electron chi connectivity index (χ0n) is 14.1. The number of thioether (sulfide) groups is 1. The number of fused-ring (bicyclic) bond motifs is 1. The summed E-state index contributed by atoms with van der Waals surface area (Å²) < 4.78 is 15.0. The second-order valence-electron chi connectivity index (χ2n) is 5.85. The third-order valence-corrected chi connectivity index (χ3v) is 6.33. The summed E-state index contributed by atoms with van der Waals surface area (Å²) in [6.07, 6.45) is 0. The SMILES string of the molecule is O=C(Nc1ccc(F)cc1)[C@@H](Sc1nc2ccccc2s1)c1ccccc1. The number of carbonyl (C=O) groups excluding carboxylic acids is 1. The number of hydrogen-bond acceptors (Lipinski definition) is 4. The van der Waals surface area contributed by atoms with E-state index in [9.17, 15) is 9.18 Å². The highest BCUT2D eigenvalue weighted by Gasteiger charge is 2.24. The Bertz CT molecular complexity index is 1030. The van der Waals surface area contributed by atoms with Crippen LogP contribution in [0.25, 0.3) is 10.2 Å². The summed E-state index contributed by atoms with van der Waals surface area (Å²) in [4.78, 5) is 17.6. The number of rotatable bonds is 5. The quantitative estimate of drug-likeness (QED) is 0.428.